The molecule has 1 heterocycles. The van der Waals surface area contributed by atoms with Crippen molar-refractivity contribution in [3.05, 3.63) is 35.6 Å². The fourth-order valence-electron chi connectivity index (χ4n) is 2.54. The minimum atomic E-state index is -0.653. The highest BCUT2D eigenvalue weighted by Gasteiger charge is 2.34. The van der Waals surface area contributed by atoms with Gasteiger partial charge in [0.05, 0.1) is 12.1 Å². The molecule has 0 saturated carbocycles. The quantitative estimate of drug-likeness (QED) is 0.885. The molecule has 21 heavy (non-hydrogen) atoms. The van der Waals surface area contributed by atoms with Gasteiger partial charge < -0.3 is 10.4 Å². The Bertz CT molecular complexity index is 505. The van der Waals surface area contributed by atoms with Gasteiger partial charge in [-0.15, -0.1) is 0 Å². The molecule has 4 nitrogen and oxygen atoms in total. The van der Waals surface area contributed by atoms with Crippen LogP contribution in [-0.2, 0) is 11.3 Å². The number of carbonyl (C=O) groups excluding carboxylic acids is 1. The van der Waals surface area contributed by atoms with Gasteiger partial charge in [-0.1, -0.05) is 25.1 Å². The maximum atomic E-state index is 13.4. The van der Waals surface area contributed by atoms with E-state index in [4.69, 9.17) is 0 Å². The second-order valence-electron chi connectivity index (χ2n) is 6.11. The minimum Gasteiger partial charge on any atom is -0.390 e. The lowest BCUT2D eigenvalue weighted by Crippen LogP contribution is -2.51. The highest BCUT2D eigenvalue weighted by atomic mass is 19.1. The average molecular weight is 294 g/mol. The van der Waals surface area contributed by atoms with E-state index >= 15 is 0 Å². The first-order chi connectivity index (χ1) is 9.88. The Labute approximate surface area is 125 Å². The van der Waals surface area contributed by atoms with Crippen LogP contribution in [-0.4, -0.2) is 41.1 Å². The number of rotatable bonds is 4. The van der Waals surface area contributed by atoms with E-state index in [1.54, 1.807) is 18.2 Å². The Morgan fingerprint density at radius 3 is 2.90 bits per heavy atom. The minimum absolute atomic E-state index is 0.119. The Hall–Kier alpha value is -1.46. The topological polar surface area (TPSA) is 52.6 Å². The number of piperidine rings is 1. The second kappa shape index (κ2) is 6.54. The zero-order chi connectivity index (χ0) is 15.5. The molecule has 0 unspecified atom stereocenters. The summed E-state index contributed by atoms with van der Waals surface area (Å²) in [7, 11) is 0. The van der Waals surface area contributed by atoms with E-state index in [0.29, 0.717) is 25.1 Å². The standard InChI is InChI=1S/C16H23FN2O2/c1-12-10-19(8-7-16(12,2)21)11-15(20)18-9-13-5-3-4-6-14(13)17/h3-6,12,21H,7-11H2,1-2H3,(H,18,20)/t12-,16+/m1/s1. The lowest BCUT2D eigenvalue weighted by atomic mass is 9.84. The molecule has 0 bridgehead atoms. The average Bonchev–Trinajstić information content (AvgIpc) is 2.42. The summed E-state index contributed by atoms with van der Waals surface area (Å²) >= 11 is 0. The lowest BCUT2D eigenvalue weighted by molar-refractivity contribution is -0.124. The number of aliphatic hydroxyl groups is 1. The zero-order valence-corrected chi connectivity index (χ0v) is 12.6. The number of halogens is 1. The number of nitrogens with zero attached hydrogens (tertiary/aromatic N) is 1. The summed E-state index contributed by atoms with van der Waals surface area (Å²) in [6, 6.07) is 6.42. The summed E-state index contributed by atoms with van der Waals surface area (Å²) in [5.74, 6) is -0.293. The Kier molecular flexibility index (Phi) is 4.96. The zero-order valence-electron chi connectivity index (χ0n) is 12.6. The smallest absolute Gasteiger partial charge is 0.234 e. The number of likely N-dealkylation sites (tertiary alicyclic amines) is 1. The molecule has 0 radical (unpaired) electrons. The number of hydrogen-bond donors (Lipinski definition) is 2. The molecule has 1 aromatic rings. The van der Waals surface area contributed by atoms with Crippen LogP contribution in [0.15, 0.2) is 24.3 Å². The van der Waals surface area contributed by atoms with Crippen LogP contribution in [0.5, 0.6) is 0 Å². The van der Waals surface area contributed by atoms with Crippen molar-refractivity contribution in [2.75, 3.05) is 19.6 Å². The van der Waals surface area contributed by atoms with Gasteiger partial charge in [-0.3, -0.25) is 9.69 Å². The SMILES string of the molecule is C[C@@H]1CN(CC(=O)NCc2ccccc2F)CC[C@]1(C)O. The molecule has 1 aliphatic heterocycles. The van der Waals surface area contributed by atoms with E-state index in [0.717, 1.165) is 0 Å². The summed E-state index contributed by atoms with van der Waals surface area (Å²) in [6.07, 6.45) is 0.661. The molecule has 116 valence electrons. The van der Waals surface area contributed by atoms with Crippen molar-refractivity contribution in [2.45, 2.75) is 32.4 Å². The summed E-state index contributed by atoms with van der Waals surface area (Å²) < 4.78 is 13.4. The molecule has 1 fully saturated rings. The third-order valence-electron chi connectivity index (χ3n) is 4.33. The van der Waals surface area contributed by atoms with Gasteiger partial charge in [-0.25, -0.2) is 4.39 Å². The fourth-order valence-corrected chi connectivity index (χ4v) is 2.54. The van der Waals surface area contributed by atoms with E-state index in [2.05, 4.69) is 5.32 Å². The van der Waals surface area contributed by atoms with Crippen molar-refractivity contribution in [1.82, 2.24) is 10.2 Å². The molecule has 2 atom stereocenters. The van der Waals surface area contributed by atoms with Crippen molar-refractivity contribution in [3.63, 3.8) is 0 Å². The predicted molar refractivity (Wildman–Crippen MR) is 79.1 cm³/mol. The summed E-state index contributed by atoms with van der Waals surface area (Å²) in [5, 5.41) is 12.8. The Morgan fingerprint density at radius 2 is 2.24 bits per heavy atom. The van der Waals surface area contributed by atoms with Crippen molar-refractivity contribution in [2.24, 2.45) is 5.92 Å². The van der Waals surface area contributed by atoms with Crippen LogP contribution in [0.2, 0.25) is 0 Å². The third kappa shape index (κ3) is 4.25. The number of carbonyl (C=O) groups is 1. The molecule has 0 aromatic heterocycles. The maximum absolute atomic E-state index is 13.4. The van der Waals surface area contributed by atoms with Crippen LogP contribution in [0.25, 0.3) is 0 Å². The molecule has 1 aromatic carbocycles. The van der Waals surface area contributed by atoms with E-state index in [1.807, 2.05) is 18.7 Å². The monoisotopic (exact) mass is 294 g/mol. The van der Waals surface area contributed by atoms with Gasteiger partial charge in [0.15, 0.2) is 0 Å². The van der Waals surface area contributed by atoms with Gasteiger partial charge in [-0.05, 0) is 25.3 Å². The highest BCUT2D eigenvalue weighted by molar-refractivity contribution is 5.78. The second-order valence-corrected chi connectivity index (χ2v) is 6.11. The molecule has 1 amide bonds. The molecule has 0 spiro atoms. The predicted octanol–water partition coefficient (Wildman–Crippen LogP) is 1.53. The van der Waals surface area contributed by atoms with Crippen molar-refractivity contribution in [1.29, 1.82) is 0 Å². The summed E-state index contributed by atoms with van der Waals surface area (Å²) in [6.45, 7) is 5.71. The van der Waals surface area contributed by atoms with E-state index in [9.17, 15) is 14.3 Å². The normalized spacial score (nSPS) is 26.6. The van der Waals surface area contributed by atoms with Crippen LogP contribution in [0, 0.1) is 11.7 Å². The molecule has 2 N–H and O–H groups in total. The molecular formula is C16H23FN2O2. The third-order valence-corrected chi connectivity index (χ3v) is 4.33. The fraction of sp³-hybridized carbons (Fsp3) is 0.562. The number of nitrogens with one attached hydrogen (secondary N) is 1. The van der Waals surface area contributed by atoms with Crippen LogP contribution in [0.4, 0.5) is 4.39 Å². The first-order valence-electron chi connectivity index (χ1n) is 7.33. The molecule has 1 saturated heterocycles. The van der Waals surface area contributed by atoms with Crippen LogP contribution in [0.1, 0.15) is 25.8 Å². The molecule has 5 heteroatoms. The summed E-state index contributed by atoms with van der Waals surface area (Å²) in [4.78, 5) is 14.0. The molecule has 2 rings (SSSR count). The number of benzene rings is 1. The largest absolute Gasteiger partial charge is 0.390 e. The van der Waals surface area contributed by atoms with E-state index in [1.165, 1.54) is 6.07 Å². The molecule has 0 aliphatic carbocycles. The van der Waals surface area contributed by atoms with Crippen LogP contribution in [0.3, 0.4) is 0 Å². The van der Waals surface area contributed by atoms with Crippen molar-refractivity contribution < 1.29 is 14.3 Å². The van der Waals surface area contributed by atoms with Gasteiger partial charge in [0.25, 0.3) is 0 Å². The lowest BCUT2D eigenvalue weighted by Gasteiger charge is -2.40. The van der Waals surface area contributed by atoms with Crippen LogP contribution < -0.4 is 5.32 Å². The Balaban J connectivity index is 1.79. The first-order valence-corrected chi connectivity index (χ1v) is 7.33. The van der Waals surface area contributed by atoms with Gasteiger partial charge in [0.2, 0.25) is 5.91 Å². The van der Waals surface area contributed by atoms with Gasteiger partial charge in [0.1, 0.15) is 5.82 Å². The number of hydrogen-bond acceptors (Lipinski definition) is 3. The Morgan fingerprint density at radius 1 is 1.52 bits per heavy atom. The summed E-state index contributed by atoms with van der Waals surface area (Å²) in [5.41, 5.74) is -0.166. The highest BCUT2D eigenvalue weighted by Crippen LogP contribution is 2.26. The van der Waals surface area contributed by atoms with Crippen molar-refractivity contribution in [3.8, 4) is 0 Å². The molecule has 1 aliphatic rings. The van der Waals surface area contributed by atoms with Crippen molar-refractivity contribution >= 4 is 5.91 Å². The van der Waals surface area contributed by atoms with E-state index < -0.39 is 5.60 Å². The number of amides is 1. The van der Waals surface area contributed by atoms with E-state index in [-0.39, 0.29) is 30.7 Å². The van der Waals surface area contributed by atoms with Gasteiger partial charge >= 0.3 is 0 Å². The van der Waals surface area contributed by atoms with Gasteiger partial charge in [0, 0.05) is 25.2 Å². The van der Waals surface area contributed by atoms with Crippen LogP contribution >= 0.6 is 0 Å². The van der Waals surface area contributed by atoms with Gasteiger partial charge in [-0.2, -0.15) is 0 Å². The molecular weight excluding hydrogens is 271 g/mol. The first kappa shape index (κ1) is 15.9. The maximum Gasteiger partial charge on any atom is 0.234 e.